The van der Waals surface area contributed by atoms with Gasteiger partial charge in [-0.2, -0.15) is 10.4 Å². The molecule has 0 aromatic carbocycles. The van der Waals surface area contributed by atoms with Gasteiger partial charge in [-0.1, -0.05) is 5.87 Å². The number of fused-ring (bicyclic) bond motifs is 1. The number of hydrogen-bond donors (Lipinski definition) is 1. The van der Waals surface area contributed by atoms with Crippen molar-refractivity contribution in [2.24, 2.45) is 10.1 Å². The number of aromatic nitrogens is 3. The smallest absolute Gasteiger partial charge is 0.138 e. The molecule has 0 bridgehead atoms. The number of pyridine rings is 2. The summed E-state index contributed by atoms with van der Waals surface area (Å²) in [6.45, 7) is 6.04. The van der Waals surface area contributed by atoms with Gasteiger partial charge in [0, 0.05) is 36.0 Å². The Balaban J connectivity index is 1.60. The average molecular weight is 480 g/mol. The van der Waals surface area contributed by atoms with Gasteiger partial charge in [0.2, 0.25) is 0 Å². The Hall–Kier alpha value is -3.09. The lowest BCUT2D eigenvalue weighted by Gasteiger charge is -2.31. The number of piperidine rings is 1. The van der Waals surface area contributed by atoms with Gasteiger partial charge in [0.1, 0.15) is 24.2 Å². The van der Waals surface area contributed by atoms with E-state index in [2.05, 4.69) is 34.4 Å². The maximum absolute atomic E-state index is 9.60. The molecule has 9 heteroatoms. The fourth-order valence-electron chi connectivity index (χ4n) is 4.08. The molecule has 3 aromatic rings. The van der Waals surface area contributed by atoms with Crippen LogP contribution in [0.5, 0.6) is 5.75 Å². The minimum Gasteiger partial charge on any atom is -0.490 e. The first-order valence-electron chi connectivity index (χ1n) is 11.4. The molecule has 0 unspecified atom stereocenters. The Kier molecular flexibility index (Phi) is 6.56. The van der Waals surface area contributed by atoms with Gasteiger partial charge in [0.05, 0.1) is 29.5 Å². The second-order valence-corrected chi connectivity index (χ2v) is 13.2. The van der Waals surface area contributed by atoms with Gasteiger partial charge in [-0.15, -0.1) is 9.41 Å². The number of rotatable bonds is 6. The van der Waals surface area contributed by atoms with Gasteiger partial charge in [0.15, 0.2) is 0 Å². The van der Waals surface area contributed by atoms with Crippen LogP contribution in [0.3, 0.4) is 0 Å². The number of nitrogens with zero attached hydrogens (tertiary/aromatic N) is 6. The number of nitrogens with two attached hydrogens (primary N) is 1. The SMILES string of the molecule is C=S(C)(C)=NC1CCN(c2ccc(-c3cc(OCC(C)(C)N)cn4ncc(C#N)c34)cn2)CC1. The maximum atomic E-state index is 9.60. The number of nitriles is 1. The Labute approximate surface area is 202 Å². The van der Waals surface area contributed by atoms with Gasteiger partial charge >= 0.3 is 0 Å². The molecule has 34 heavy (non-hydrogen) atoms. The minimum absolute atomic E-state index is 0.358. The van der Waals surface area contributed by atoms with Crippen molar-refractivity contribution in [2.45, 2.75) is 38.3 Å². The molecule has 0 saturated carbocycles. The summed E-state index contributed by atoms with van der Waals surface area (Å²) in [6.07, 6.45) is 11.5. The summed E-state index contributed by atoms with van der Waals surface area (Å²) in [4.78, 5) is 7.06. The van der Waals surface area contributed by atoms with E-state index < -0.39 is 15.0 Å². The summed E-state index contributed by atoms with van der Waals surface area (Å²) < 4.78 is 12.5. The summed E-state index contributed by atoms with van der Waals surface area (Å²) in [5.41, 5.74) is 8.60. The zero-order chi connectivity index (χ0) is 24.5. The van der Waals surface area contributed by atoms with Crippen LogP contribution in [-0.2, 0) is 9.41 Å². The number of hydrogen-bond acceptors (Lipinski definition) is 7. The maximum Gasteiger partial charge on any atom is 0.138 e. The molecular formula is C25H33N7OS. The minimum atomic E-state index is -1.08. The molecule has 0 amide bonds. The molecule has 1 fully saturated rings. The standard InChI is InChI=1S/C25H33N7OS/c1-25(2,27)17-33-21-12-22(24-19(13-26)15-29-32(24)16-21)18-6-7-23(28-14-18)31-10-8-20(9-11-31)30-34(3,4)5/h6-7,12,14-16,20H,3,8-11,17,27H2,1-2,4-5H3. The van der Waals surface area contributed by atoms with Gasteiger partial charge in [0.25, 0.3) is 0 Å². The third-order valence-corrected chi connectivity index (χ3v) is 6.47. The van der Waals surface area contributed by atoms with Gasteiger partial charge in [-0.3, -0.25) is 4.36 Å². The molecule has 180 valence electrons. The highest BCUT2D eigenvalue weighted by Gasteiger charge is 2.21. The van der Waals surface area contributed by atoms with Crippen LogP contribution < -0.4 is 15.4 Å². The van der Waals surface area contributed by atoms with Crippen molar-refractivity contribution in [1.29, 1.82) is 5.26 Å². The van der Waals surface area contributed by atoms with Gasteiger partial charge < -0.3 is 15.4 Å². The monoisotopic (exact) mass is 479 g/mol. The molecule has 0 radical (unpaired) electrons. The lowest BCUT2D eigenvalue weighted by Crippen LogP contribution is -2.38. The van der Waals surface area contributed by atoms with Crippen LogP contribution in [0, 0.1) is 11.3 Å². The van der Waals surface area contributed by atoms with E-state index in [-0.39, 0.29) is 0 Å². The van der Waals surface area contributed by atoms with E-state index >= 15 is 0 Å². The lowest BCUT2D eigenvalue weighted by atomic mass is 10.0. The van der Waals surface area contributed by atoms with Gasteiger partial charge in [-0.25, -0.2) is 9.50 Å². The molecule has 0 spiro atoms. The molecule has 1 aliphatic heterocycles. The highest BCUT2D eigenvalue weighted by atomic mass is 32.2. The summed E-state index contributed by atoms with van der Waals surface area (Å²) in [5, 5.41) is 13.9. The highest BCUT2D eigenvalue weighted by Crippen LogP contribution is 2.32. The Morgan fingerprint density at radius 1 is 1.29 bits per heavy atom. The lowest BCUT2D eigenvalue weighted by molar-refractivity contribution is 0.242. The Morgan fingerprint density at radius 3 is 2.62 bits per heavy atom. The van der Waals surface area contributed by atoms with E-state index in [9.17, 15) is 5.26 Å². The van der Waals surface area contributed by atoms with Crippen LogP contribution in [0.15, 0.2) is 41.2 Å². The van der Waals surface area contributed by atoms with E-state index in [0.717, 1.165) is 48.4 Å². The second kappa shape index (κ2) is 9.28. The molecule has 4 rings (SSSR count). The van der Waals surface area contributed by atoms with E-state index in [1.165, 1.54) is 0 Å². The third-order valence-electron chi connectivity index (χ3n) is 5.60. The molecular weight excluding hydrogens is 446 g/mol. The van der Waals surface area contributed by atoms with Gasteiger partial charge in [-0.05, 0) is 57.4 Å². The van der Waals surface area contributed by atoms with Crippen molar-refractivity contribution < 1.29 is 4.74 Å². The first kappa shape index (κ1) is 24.0. The van der Waals surface area contributed by atoms with E-state index in [4.69, 9.17) is 19.8 Å². The van der Waals surface area contributed by atoms with Crippen molar-refractivity contribution in [1.82, 2.24) is 14.6 Å². The first-order chi connectivity index (χ1) is 16.0. The van der Waals surface area contributed by atoms with Crippen molar-refractivity contribution in [3.8, 4) is 22.9 Å². The Morgan fingerprint density at radius 2 is 2.03 bits per heavy atom. The molecule has 0 atom stereocenters. The third kappa shape index (κ3) is 5.69. The molecule has 1 aliphatic rings. The van der Waals surface area contributed by atoms with E-state index in [0.29, 0.717) is 24.0 Å². The van der Waals surface area contributed by atoms with Crippen LogP contribution in [0.25, 0.3) is 16.6 Å². The normalized spacial score (nSPS) is 15.4. The van der Waals surface area contributed by atoms with Crippen molar-refractivity contribution in [2.75, 3.05) is 37.1 Å². The topological polar surface area (TPSA) is 105 Å². The van der Waals surface area contributed by atoms with Crippen LogP contribution in [-0.4, -0.2) is 64.3 Å². The predicted molar refractivity (Wildman–Crippen MR) is 141 cm³/mol. The number of anilines is 1. The van der Waals surface area contributed by atoms with Crippen LogP contribution in [0.1, 0.15) is 32.3 Å². The van der Waals surface area contributed by atoms with E-state index in [1.807, 2.05) is 38.2 Å². The molecule has 0 aliphatic carbocycles. The van der Waals surface area contributed by atoms with Crippen LogP contribution in [0.2, 0.25) is 0 Å². The fraction of sp³-hybridized carbons (Fsp3) is 0.440. The highest BCUT2D eigenvalue weighted by molar-refractivity contribution is 8.01. The Bertz CT molecular complexity index is 1320. The van der Waals surface area contributed by atoms with E-state index in [1.54, 1.807) is 16.9 Å². The summed E-state index contributed by atoms with van der Waals surface area (Å²) >= 11 is 0. The zero-order valence-electron chi connectivity index (χ0n) is 20.4. The van der Waals surface area contributed by atoms with Crippen molar-refractivity contribution >= 4 is 26.6 Å². The number of ether oxygens (including phenoxy) is 1. The van der Waals surface area contributed by atoms with Crippen LogP contribution in [0.4, 0.5) is 5.82 Å². The van der Waals surface area contributed by atoms with Crippen molar-refractivity contribution in [3.05, 3.63) is 42.4 Å². The molecule has 1 saturated heterocycles. The van der Waals surface area contributed by atoms with Crippen LogP contribution >= 0.6 is 0 Å². The molecule has 2 N–H and O–H groups in total. The fourth-order valence-corrected chi connectivity index (χ4v) is 5.10. The molecule has 4 heterocycles. The average Bonchev–Trinajstić information content (AvgIpc) is 3.19. The largest absolute Gasteiger partial charge is 0.490 e. The quantitative estimate of drug-likeness (QED) is 0.544. The molecule has 3 aromatic heterocycles. The molecule has 8 nitrogen and oxygen atoms in total. The second-order valence-electron chi connectivity index (χ2n) is 10.0. The first-order valence-corrected chi connectivity index (χ1v) is 13.9. The summed E-state index contributed by atoms with van der Waals surface area (Å²) in [6, 6.07) is 8.63. The zero-order valence-corrected chi connectivity index (χ0v) is 21.2. The summed E-state index contributed by atoms with van der Waals surface area (Å²) in [5.74, 6) is 5.78. The predicted octanol–water partition coefficient (Wildman–Crippen LogP) is 3.38. The van der Waals surface area contributed by atoms with Crippen molar-refractivity contribution in [3.63, 3.8) is 0 Å². The summed E-state index contributed by atoms with van der Waals surface area (Å²) in [7, 11) is -1.08.